The summed E-state index contributed by atoms with van der Waals surface area (Å²) in [5, 5.41) is 8.09. The molecule has 0 radical (unpaired) electrons. The van der Waals surface area contributed by atoms with Gasteiger partial charge in [-0.3, -0.25) is 9.00 Å². The van der Waals surface area contributed by atoms with Gasteiger partial charge in [0.25, 0.3) is 0 Å². The maximum atomic E-state index is 12.1. The second-order valence-electron chi connectivity index (χ2n) is 3.40. The fraction of sp³-hybridized carbons (Fsp3) is 0.273. The lowest BCUT2D eigenvalue weighted by atomic mass is 10.2. The highest BCUT2D eigenvalue weighted by Gasteiger charge is 2.25. The van der Waals surface area contributed by atoms with Gasteiger partial charge in [0.1, 0.15) is 5.25 Å². The Morgan fingerprint density at radius 1 is 1.41 bits per heavy atom. The minimum Gasteiger partial charge on any atom is -0.478 e. The third kappa shape index (κ3) is 2.91. The molecule has 3 N–H and O–H groups in total. The van der Waals surface area contributed by atoms with Crippen molar-refractivity contribution < 1.29 is 18.9 Å². The smallest absolute Gasteiger partial charge is 0.336 e. The van der Waals surface area contributed by atoms with Gasteiger partial charge < -0.3 is 10.8 Å². The van der Waals surface area contributed by atoms with E-state index in [-0.39, 0.29) is 10.5 Å². The highest BCUT2D eigenvalue weighted by atomic mass is 32.2. The monoisotopic (exact) mass is 255 g/mol. The van der Waals surface area contributed by atoms with Crippen molar-refractivity contribution in [2.75, 3.05) is 0 Å². The molecule has 0 saturated carbocycles. The summed E-state index contributed by atoms with van der Waals surface area (Å²) >= 11 is 0. The Morgan fingerprint density at radius 3 is 2.47 bits per heavy atom. The van der Waals surface area contributed by atoms with Crippen molar-refractivity contribution in [3.63, 3.8) is 0 Å². The molecule has 1 aromatic carbocycles. The van der Waals surface area contributed by atoms with Crippen molar-refractivity contribution in [1.82, 2.24) is 0 Å². The fourth-order valence-corrected chi connectivity index (χ4v) is 2.84. The van der Waals surface area contributed by atoms with Crippen LogP contribution in [0, 0.1) is 0 Å². The van der Waals surface area contributed by atoms with Crippen molar-refractivity contribution in [3.8, 4) is 0 Å². The molecule has 2 unspecified atom stereocenters. The maximum absolute atomic E-state index is 12.1. The van der Waals surface area contributed by atoms with Crippen molar-refractivity contribution in [1.29, 1.82) is 0 Å². The Hall–Kier alpha value is -1.69. The van der Waals surface area contributed by atoms with Crippen LogP contribution in [0.5, 0.6) is 0 Å². The normalized spacial score (nSPS) is 13.9. The molecule has 0 aromatic heterocycles. The first-order valence-corrected chi connectivity index (χ1v) is 6.22. The number of amides is 1. The quantitative estimate of drug-likeness (QED) is 0.811. The van der Waals surface area contributed by atoms with Gasteiger partial charge in [0, 0.05) is 0 Å². The third-order valence-electron chi connectivity index (χ3n) is 2.28. The Morgan fingerprint density at radius 2 is 2.00 bits per heavy atom. The first-order chi connectivity index (χ1) is 7.99. The summed E-state index contributed by atoms with van der Waals surface area (Å²) in [5.41, 5.74) is 5.07. The van der Waals surface area contributed by atoms with Gasteiger partial charge in [-0.1, -0.05) is 19.1 Å². The van der Waals surface area contributed by atoms with Crippen LogP contribution < -0.4 is 5.73 Å². The van der Waals surface area contributed by atoms with E-state index < -0.39 is 27.9 Å². The number of benzene rings is 1. The number of primary amides is 1. The zero-order valence-electron chi connectivity index (χ0n) is 9.25. The van der Waals surface area contributed by atoms with Gasteiger partial charge in [-0.2, -0.15) is 0 Å². The van der Waals surface area contributed by atoms with Gasteiger partial charge in [0.15, 0.2) is 0 Å². The zero-order valence-corrected chi connectivity index (χ0v) is 10.1. The van der Waals surface area contributed by atoms with E-state index in [0.717, 1.165) is 0 Å². The largest absolute Gasteiger partial charge is 0.478 e. The molecule has 0 spiro atoms. The highest BCUT2D eigenvalue weighted by molar-refractivity contribution is 7.86. The molecule has 0 fully saturated rings. The van der Waals surface area contributed by atoms with Crippen LogP contribution in [0.2, 0.25) is 0 Å². The Balaban J connectivity index is 3.20. The van der Waals surface area contributed by atoms with E-state index in [1.807, 2.05) is 0 Å². The zero-order chi connectivity index (χ0) is 13.0. The molecule has 0 heterocycles. The number of carbonyl (C=O) groups excluding carboxylic acids is 1. The van der Waals surface area contributed by atoms with Crippen LogP contribution in [0.3, 0.4) is 0 Å². The van der Waals surface area contributed by atoms with E-state index in [9.17, 15) is 13.8 Å². The number of hydrogen-bond donors (Lipinski definition) is 2. The standard InChI is InChI=1S/C11H13NO4S/c1-2-8(10(12)13)17(16)9-6-4-3-5-7(9)11(14)15/h3-6,8H,2H2,1H3,(H2,12,13)(H,14,15). The molecule has 0 aliphatic carbocycles. The Labute approximate surface area is 101 Å². The van der Waals surface area contributed by atoms with Crippen LogP contribution in [0.1, 0.15) is 23.7 Å². The summed E-state index contributed by atoms with van der Waals surface area (Å²) in [6, 6.07) is 5.90. The minimum atomic E-state index is -1.74. The van der Waals surface area contributed by atoms with Crippen LogP contribution in [0.25, 0.3) is 0 Å². The molecule has 1 rings (SSSR count). The molecule has 0 aliphatic heterocycles. The summed E-state index contributed by atoms with van der Waals surface area (Å²) in [7, 11) is -1.74. The van der Waals surface area contributed by atoms with Crippen LogP contribution in [-0.4, -0.2) is 26.4 Å². The van der Waals surface area contributed by atoms with Gasteiger partial charge in [0.2, 0.25) is 5.91 Å². The predicted molar refractivity (Wildman–Crippen MR) is 63.1 cm³/mol. The summed E-state index contributed by atoms with van der Waals surface area (Å²) in [6.07, 6.45) is 0.301. The summed E-state index contributed by atoms with van der Waals surface area (Å²) < 4.78 is 12.1. The fourth-order valence-electron chi connectivity index (χ4n) is 1.43. The van der Waals surface area contributed by atoms with Crippen LogP contribution in [0.4, 0.5) is 0 Å². The summed E-state index contributed by atoms with van der Waals surface area (Å²) in [5.74, 6) is -1.86. The molecule has 1 aromatic rings. The third-order valence-corrected chi connectivity index (χ3v) is 4.15. The average molecular weight is 255 g/mol. The molecule has 0 saturated heterocycles. The van der Waals surface area contributed by atoms with E-state index in [1.54, 1.807) is 13.0 Å². The Kier molecular flexibility index (Phi) is 4.39. The van der Waals surface area contributed by atoms with E-state index in [4.69, 9.17) is 10.8 Å². The van der Waals surface area contributed by atoms with Gasteiger partial charge in [-0.25, -0.2) is 4.79 Å². The number of aromatic carboxylic acids is 1. The number of hydrogen-bond acceptors (Lipinski definition) is 3. The average Bonchev–Trinajstić information content (AvgIpc) is 2.29. The highest BCUT2D eigenvalue weighted by Crippen LogP contribution is 2.18. The molecule has 6 heteroatoms. The van der Waals surface area contributed by atoms with Gasteiger partial charge in [-0.05, 0) is 18.6 Å². The molecule has 0 aliphatic rings. The van der Waals surface area contributed by atoms with E-state index in [2.05, 4.69) is 0 Å². The number of carbonyl (C=O) groups is 2. The molecular weight excluding hydrogens is 242 g/mol. The second kappa shape index (κ2) is 5.58. The van der Waals surface area contributed by atoms with Crippen LogP contribution in [0.15, 0.2) is 29.2 Å². The first-order valence-electron chi connectivity index (χ1n) is 5.01. The van der Waals surface area contributed by atoms with Crippen molar-refractivity contribution in [2.24, 2.45) is 5.73 Å². The summed E-state index contributed by atoms with van der Waals surface area (Å²) in [4.78, 5) is 22.2. The van der Waals surface area contributed by atoms with Gasteiger partial charge in [-0.15, -0.1) is 0 Å². The lowest BCUT2D eigenvalue weighted by molar-refractivity contribution is -0.117. The number of nitrogens with two attached hydrogens (primary N) is 1. The number of carboxylic acid groups (broad SMARTS) is 1. The second-order valence-corrected chi connectivity index (χ2v) is 5.00. The van der Waals surface area contributed by atoms with Gasteiger partial charge >= 0.3 is 5.97 Å². The van der Waals surface area contributed by atoms with E-state index >= 15 is 0 Å². The number of rotatable bonds is 5. The molecule has 17 heavy (non-hydrogen) atoms. The van der Waals surface area contributed by atoms with Crippen LogP contribution >= 0.6 is 0 Å². The minimum absolute atomic E-state index is 0.0643. The molecule has 5 nitrogen and oxygen atoms in total. The van der Waals surface area contributed by atoms with E-state index in [1.165, 1.54) is 18.2 Å². The Bertz CT molecular complexity index is 472. The van der Waals surface area contributed by atoms with Crippen molar-refractivity contribution in [2.45, 2.75) is 23.5 Å². The van der Waals surface area contributed by atoms with Crippen molar-refractivity contribution >= 4 is 22.7 Å². The molecule has 92 valence electrons. The maximum Gasteiger partial charge on any atom is 0.336 e. The van der Waals surface area contributed by atoms with Crippen molar-refractivity contribution in [3.05, 3.63) is 29.8 Å². The lowest BCUT2D eigenvalue weighted by Gasteiger charge is -2.12. The predicted octanol–water partition coefficient (Wildman–Crippen LogP) is 0.756. The summed E-state index contributed by atoms with van der Waals surface area (Å²) in [6.45, 7) is 1.68. The van der Waals surface area contributed by atoms with Crippen LogP contribution in [-0.2, 0) is 15.6 Å². The number of carboxylic acids is 1. The molecule has 0 bridgehead atoms. The molecule has 1 amide bonds. The van der Waals surface area contributed by atoms with Gasteiger partial charge in [0.05, 0.1) is 21.3 Å². The lowest BCUT2D eigenvalue weighted by Crippen LogP contribution is -2.32. The SMILES string of the molecule is CCC(C(N)=O)S(=O)c1ccccc1C(=O)O. The molecular formula is C11H13NO4S. The topological polar surface area (TPSA) is 97.5 Å². The first kappa shape index (κ1) is 13.4. The van der Waals surface area contributed by atoms with E-state index in [0.29, 0.717) is 6.42 Å². The molecule has 2 atom stereocenters.